The standard InChI is InChI=1S/C8H7Cl2.BrH.Mg/c1-2-6-3-4-7(9)5-8(6)10;;/h3-5H,1-2H2;1H;/q;;+1/p-1. The predicted molar refractivity (Wildman–Crippen MR) is 59.7 cm³/mol. The molecule has 0 heterocycles. The Balaban J connectivity index is 2.72. The molecule has 0 bridgehead atoms. The lowest BCUT2D eigenvalue weighted by atomic mass is 10.2. The average molecular weight is 278 g/mol. The lowest BCUT2D eigenvalue weighted by Crippen LogP contribution is -1.87. The summed E-state index contributed by atoms with van der Waals surface area (Å²) in [5, 5.41) is 1.50. The summed E-state index contributed by atoms with van der Waals surface area (Å²) in [5.74, 6) is 0. The Kier molecular flexibility index (Phi) is 5.29. The SMILES string of the molecule is Clc1ccc(C[CH2][Mg][Br])c(Cl)c1. The van der Waals surface area contributed by atoms with Crippen molar-refractivity contribution < 1.29 is 0 Å². The highest BCUT2D eigenvalue weighted by molar-refractivity contribution is 9.23. The Morgan fingerprint density at radius 1 is 1.33 bits per heavy atom. The van der Waals surface area contributed by atoms with Gasteiger partial charge in [-0.2, -0.15) is 0 Å². The first-order valence-corrected chi connectivity index (χ1v) is 9.39. The molecular weight excluding hydrogens is 271 g/mol. The van der Waals surface area contributed by atoms with Gasteiger partial charge in [0.15, 0.2) is 0 Å². The van der Waals surface area contributed by atoms with Crippen LogP contribution in [0.4, 0.5) is 0 Å². The molecule has 1 rings (SSSR count). The van der Waals surface area contributed by atoms with Crippen molar-refractivity contribution in [1.82, 2.24) is 0 Å². The van der Waals surface area contributed by atoms with Crippen LogP contribution < -0.4 is 0 Å². The summed E-state index contributed by atoms with van der Waals surface area (Å²) in [6.07, 6.45) is 1.06. The van der Waals surface area contributed by atoms with Crippen molar-refractivity contribution in [2.75, 3.05) is 0 Å². The summed E-state index contributed by atoms with van der Waals surface area (Å²) in [6.45, 7) is 0. The maximum Gasteiger partial charge on any atom is 0.468 e. The van der Waals surface area contributed by atoms with Crippen molar-refractivity contribution in [3.63, 3.8) is 0 Å². The van der Waals surface area contributed by atoms with Crippen LogP contribution in [0.25, 0.3) is 0 Å². The van der Waals surface area contributed by atoms with Crippen LogP contribution in [0, 0.1) is 0 Å². The second kappa shape index (κ2) is 5.71. The van der Waals surface area contributed by atoms with Crippen molar-refractivity contribution >= 4 is 54.3 Å². The van der Waals surface area contributed by atoms with Gasteiger partial charge in [0, 0.05) is 10.0 Å². The molecule has 0 nitrogen and oxygen atoms in total. The molecule has 0 spiro atoms. The van der Waals surface area contributed by atoms with Gasteiger partial charge in [-0.05, 0) is 24.1 Å². The van der Waals surface area contributed by atoms with Crippen LogP contribution in [0.15, 0.2) is 18.2 Å². The van der Waals surface area contributed by atoms with Gasteiger partial charge in [-0.1, -0.05) is 29.3 Å². The van der Waals surface area contributed by atoms with Crippen LogP contribution in [0.1, 0.15) is 5.56 Å². The van der Waals surface area contributed by atoms with Crippen LogP contribution in [0.2, 0.25) is 14.6 Å². The van der Waals surface area contributed by atoms with Gasteiger partial charge in [0.1, 0.15) is 0 Å². The molecule has 0 unspecified atom stereocenters. The van der Waals surface area contributed by atoms with Crippen molar-refractivity contribution in [3.8, 4) is 0 Å². The van der Waals surface area contributed by atoms with E-state index in [9.17, 15) is 0 Å². The quantitative estimate of drug-likeness (QED) is 0.734. The first kappa shape index (κ1) is 11.1. The largest absolute Gasteiger partial charge is 0.468 e. The zero-order chi connectivity index (χ0) is 8.97. The Bertz CT molecular complexity index is 265. The number of benzene rings is 1. The van der Waals surface area contributed by atoms with Crippen molar-refractivity contribution in [2.45, 2.75) is 11.0 Å². The summed E-state index contributed by atoms with van der Waals surface area (Å²) < 4.78 is 1.24. The molecule has 0 aliphatic rings. The third-order valence-electron chi connectivity index (χ3n) is 1.59. The van der Waals surface area contributed by atoms with E-state index < -0.39 is 0 Å². The fourth-order valence-corrected chi connectivity index (χ4v) is 2.84. The molecule has 0 N–H and O–H groups in total. The van der Waals surface area contributed by atoms with Crippen molar-refractivity contribution in [1.29, 1.82) is 0 Å². The number of hydrogen-bond donors (Lipinski definition) is 0. The predicted octanol–water partition coefficient (Wildman–Crippen LogP) is 3.97. The molecular formula is C8H7BrCl2Mg. The summed E-state index contributed by atoms with van der Waals surface area (Å²) in [7, 11) is 0. The van der Waals surface area contributed by atoms with Gasteiger partial charge in [-0.3, -0.25) is 0 Å². The normalized spacial score (nSPS) is 9.58. The second-order valence-electron chi connectivity index (χ2n) is 2.53. The molecule has 62 valence electrons. The zero-order valence-electron chi connectivity index (χ0n) is 6.49. The van der Waals surface area contributed by atoms with Gasteiger partial charge in [0.25, 0.3) is 0 Å². The van der Waals surface area contributed by atoms with E-state index in [4.69, 9.17) is 23.2 Å². The summed E-state index contributed by atoms with van der Waals surface area (Å²) in [4.78, 5) is 0. The molecule has 0 radical (unpaired) electrons. The molecule has 0 amide bonds. The van der Waals surface area contributed by atoms with Gasteiger partial charge in [-0.25, -0.2) is 0 Å². The van der Waals surface area contributed by atoms with Gasteiger partial charge in [-0.15, -0.1) is 4.55 Å². The topological polar surface area (TPSA) is 0 Å². The first-order valence-electron chi connectivity index (χ1n) is 3.74. The smallest absolute Gasteiger partial charge is 0.307 e. The van der Waals surface area contributed by atoms with Crippen LogP contribution in [-0.4, -0.2) is 18.2 Å². The van der Waals surface area contributed by atoms with E-state index in [0.717, 1.165) is 11.4 Å². The molecule has 0 aliphatic heterocycles. The van der Waals surface area contributed by atoms with E-state index in [-0.39, 0.29) is 18.2 Å². The molecule has 0 fully saturated rings. The fraction of sp³-hybridized carbons (Fsp3) is 0.250. The van der Waals surface area contributed by atoms with Crippen LogP contribution in [-0.2, 0) is 6.42 Å². The van der Waals surface area contributed by atoms with Crippen LogP contribution in [0.5, 0.6) is 0 Å². The highest BCUT2D eigenvalue weighted by atomic mass is 79.9. The molecule has 0 aromatic heterocycles. The van der Waals surface area contributed by atoms with E-state index in [2.05, 4.69) is 12.9 Å². The van der Waals surface area contributed by atoms with Gasteiger partial charge >= 0.3 is 18.2 Å². The first-order chi connectivity index (χ1) is 5.74. The fourth-order valence-electron chi connectivity index (χ4n) is 0.982. The third kappa shape index (κ3) is 3.42. The molecule has 0 atom stereocenters. The maximum absolute atomic E-state index is 5.98. The van der Waals surface area contributed by atoms with E-state index in [0.29, 0.717) is 5.02 Å². The summed E-state index contributed by atoms with van der Waals surface area (Å²) in [6, 6.07) is 5.69. The monoisotopic (exact) mass is 276 g/mol. The Hall–Kier alpha value is 1.05. The second-order valence-corrected chi connectivity index (χ2v) is 6.84. The molecule has 1 aromatic carbocycles. The van der Waals surface area contributed by atoms with Crippen LogP contribution >= 0.6 is 36.1 Å². The number of rotatable bonds is 3. The van der Waals surface area contributed by atoms with Crippen molar-refractivity contribution in [2.24, 2.45) is 0 Å². The molecule has 0 aliphatic carbocycles. The Labute approximate surface area is 98.2 Å². The maximum atomic E-state index is 5.98. The zero-order valence-corrected chi connectivity index (χ0v) is 11.0. The minimum atomic E-state index is -0.0346. The van der Waals surface area contributed by atoms with E-state index in [1.807, 2.05) is 12.1 Å². The van der Waals surface area contributed by atoms with E-state index in [1.165, 1.54) is 10.1 Å². The molecule has 12 heavy (non-hydrogen) atoms. The Morgan fingerprint density at radius 3 is 2.67 bits per heavy atom. The minimum Gasteiger partial charge on any atom is -0.307 e. The highest BCUT2D eigenvalue weighted by Gasteiger charge is 2.00. The summed E-state index contributed by atoms with van der Waals surface area (Å²) in [5.41, 5.74) is 1.20. The number of hydrogen-bond acceptors (Lipinski definition) is 0. The Morgan fingerprint density at radius 2 is 2.08 bits per heavy atom. The van der Waals surface area contributed by atoms with Gasteiger partial charge in [0.05, 0.1) is 0 Å². The van der Waals surface area contributed by atoms with Crippen molar-refractivity contribution in [3.05, 3.63) is 33.8 Å². The van der Waals surface area contributed by atoms with Gasteiger partial charge < -0.3 is 12.9 Å². The molecule has 0 saturated heterocycles. The summed E-state index contributed by atoms with van der Waals surface area (Å²) >= 11 is 15.2. The van der Waals surface area contributed by atoms with E-state index >= 15 is 0 Å². The number of halogens is 3. The molecule has 1 aromatic rings. The average Bonchev–Trinajstić information content (AvgIpc) is 2.03. The molecule has 0 saturated carbocycles. The highest BCUT2D eigenvalue weighted by Crippen LogP contribution is 2.22. The number of aryl methyl sites for hydroxylation is 1. The van der Waals surface area contributed by atoms with Crippen LogP contribution in [0.3, 0.4) is 0 Å². The lowest BCUT2D eigenvalue weighted by molar-refractivity contribution is 1.13. The van der Waals surface area contributed by atoms with Gasteiger partial charge in [0.2, 0.25) is 0 Å². The van der Waals surface area contributed by atoms with E-state index in [1.54, 1.807) is 6.07 Å². The lowest BCUT2D eigenvalue weighted by Gasteiger charge is -2.02. The molecule has 4 heteroatoms. The minimum absolute atomic E-state index is 0.0346. The third-order valence-corrected chi connectivity index (χ3v) is 4.48.